The average molecular weight is 339 g/mol. The molecule has 0 aliphatic carbocycles. The van der Waals surface area contributed by atoms with E-state index in [1.165, 1.54) is 16.3 Å². The fourth-order valence-corrected chi connectivity index (χ4v) is 3.82. The lowest BCUT2D eigenvalue weighted by Crippen LogP contribution is -2.35. The van der Waals surface area contributed by atoms with Crippen LogP contribution in [-0.4, -0.2) is 29.7 Å². The zero-order chi connectivity index (χ0) is 18.0. The van der Waals surface area contributed by atoms with Crippen LogP contribution in [0.15, 0.2) is 42.5 Å². The molecule has 1 fully saturated rings. The molecule has 3 heteroatoms. The van der Waals surface area contributed by atoms with Crippen molar-refractivity contribution < 1.29 is 9.53 Å². The molecule has 0 spiro atoms. The number of carbonyl (C=O) groups is 1. The molecule has 0 bridgehead atoms. The largest absolute Gasteiger partial charge is 0.444 e. The molecule has 1 aliphatic heterocycles. The molecule has 0 radical (unpaired) electrons. The molecule has 2 aromatic carbocycles. The van der Waals surface area contributed by atoms with Crippen molar-refractivity contribution in [3.8, 4) is 0 Å². The van der Waals surface area contributed by atoms with Crippen LogP contribution < -0.4 is 0 Å². The molecule has 0 saturated carbocycles. The van der Waals surface area contributed by atoms with Crippen molar-refractivity contribution in [2.75, 3.05) is 13.1 Å². The number of rotatable bonds is 3. The molecule has 2 aromatic rings. The first-order chi connectivity index (χ1) is 11.8. The molecule has 1 amide bonds. The van der Waals surface area contributed by atoms with E-state index in [4.69, 9.17) is 4.74 Å². The summed E-state index contributed by atoms with van der Waals surface area (Å²) in [6.07, 6.45) is 1.99. The summed E-state index contributed by atoms with van der Waals surface area (Å²) in [6, 6.07) is 15.1. The van der Waals surface area contributed by atoms with Gasteiger partial charge in [0.05, 0.1) is 0 Å². The van der Waals surface area contributed by atoms with Gasteiger partial charge in [-0.25, -0.2) is 4.79 Å². The van der Waals surface area contributed by atoms with E-state index >= 15 is 0 Å². The third-order valence-corrected chi connectivity index (χ3v) is 4.98. The number of hydrogen-bond acceptors (Lipinski definition) is 2. The smallest absolute Gasteiger partial charge is 0.410 e. The monoisotopic (exact) mass is 339 g/mol. The predicted molar refractivity (Wildman–Crippen MR) is 103 cm³/mol. The highest BCUT2D eigenvalue weighted by Gasteiger charge is 2.30. The van der Waals surface area contributed by atoms with Crippen molar-refractivity contribution in [3.05, 3.63) is 48.0 Å². The van der Waals surface area contributed by atoms with Crippen LogP contribution in [0.25, 0.3) is 10.8 Å². The molecule has 0 N–H and O–H groups in total. The number of nitrogens with zero attached hydrogens (tertiary/aromatic N) is 1. The lowest BCUT2D eigenvalue weighted by Gasteiger charge is -2.25. The Hall–Kier alpha value is -2.03. The minimum Gasteiger partial charge on any atom is -0.444 e. The minimum absolute atomic E-state index is 0.173. The second-order valence-corrected chi connectivity index (χ2v) is 8.29. The minimum atomic E-state index is -0.425. The zero-order valence-electron chi connectivity index (χ0n) is 15.8. The lowest BCUT2D eigenvalue weighted by atomic mass is 9.87. The van der Waals surface area contributed by atoms with Crippen LogP contribution in [0.2, 0.25) is 0 Å². The van der Waals surface area contributed by atoms with E-state index in [0.29, 0.717) is 11.8 Å². The van der Waals surface area contributed by atoms with Gasteiger partial charge in [-0.15, -0.1) is 0 Å². The first kappa shape index (κ1) is 17.8. The predicted octanol–water partition coefficient (Wildman–Crippen LogP) is 5.59. The lowest BCUT2D eigenvalue weighted by molar-refractivity contribution is 0.0287. The van der Waals surface area contributed by atoms with Gasteiger partial charge in [-0.3, -0.25) is 0 Å². The Morgan fingerprint density at radius 3 is 2.68 bits per heavy atom. The number of hydrogen-bond donors (Lipinski definition) is 0. The van der Waals surface area contributed by atoms with Crippen molar-refractivity contribution in [3.63, 3.8) is 0 Å². The molecule has 2 atom stereocenters. The Labute approximate surface area is 151 Å². The Morgan fingerprint density at radius 2 is 1.92 bits per heavy atom. The molecule has 0 aromatic heterocycles. The van der Waals surface area contributed by atoms with Crippen LogP contribution in [0.3, 0.4) is 0 Å². The Kier molecular flexibility index (Phi) is 5.03. The number of likely N-dealkylation sites (tertiary alicyclic amines) is 1. The standard InChI is InChI=1S/C22H29NO2/c1-16(19-11-7-9-18-8-5-6-10-20(18)19)14-17-12-13-23(15-17)21(24)25-22(2,3)4/h5-11,16-17H,12-15H2,1-4H3/t16-,17+/m0/s1. The quantitative estimate of drug-likeness (QED) is 0.729. The molecular formula is C22H29NO2. The van der Waals surface area contributed by atoms with Gasteiger partial charge < -0.3 is 9.64 Å². The van der Waals surface area contributed by atoms with Crippen molar-refractivity contribution in [1.29, 1.82) is 0 Å². The van der Waals surface area contributed by atoms with Gasteiger partial charge in [0.1, 0.15) is 5.60 Å². The van der Waals surface area contributed by atoms with Gasteiger partial charge >= 0.3 is 6.09 Å². The number of amides is 1. The average Bonchev–Trinajstić information content (AvgIpc) is 3.01. The van der Waals surface area contributed by atoms with Crippen LogP contribution in [0.1, 0.15) is 52.0 Å². The summed E-state index contributed by atoms with van der Waals surface area (Å²) >= 11 is 0. The first-order valence-electron chi connectivity index (χ1n) is 9.29. The molecule has 3 nitrogen and oxygen atoms in total. The summed E-state index contributed by atoms with van der Waals surface area (Å²) in [6.45, 7) is 9.67. The highest BCUT2D eigenvalue weighted by Crippen LogP contribution is 2.33. The number of ether oxygens (including phenoxy) is 1. The van der Waals surface area contributed by atoms with Crippen molar-refractivity contribution in [1.82, 2.24) is 4.90 Å². The van der Waals surface area contributed by atoms with Crippen LogP contribution in [0.4, 0.5) is 4.79 Å². The molecule has 1 saturated heterocycles. The van der Waals surface area contributed by atoms with Crippen LogP contribution in [-0.2, 0) is 4.74 Å². The number of carbonyl (C=O) groups excluding carboxylic acids is 1. The van der Waals surface area contributed by atoms with E-state index in [0.717, 1.165) is 25.9 Å². The summed E-state index contributed by atoms with van der Waals surface area (Å²) in [5, 5.41) is 2.65. The SMILES string of the molecule is C[C@@H](C[C@H]1CCN(C(=O)OC(C)(C)C)C1)c1cccc2ccccc12. The second-order valence-electron chi connectivity index (χ2n) is 8.29. The second kappa shape index (κ2) is 7.07. The summed E-state index contributed by atoms with van der Waals surface area (Å²) in [4.78, 5) is 14.1. The van der Waals surface area contributed by atoms with Gasteiger partial charge in [-0.2, -0.15) is 0 Å². The van der Waals surface area contributed by atoms with Gasteiger partial charge in [-0.1, -0.05) is 49.4 Å². The molecule has 25 heavy (non-hydrogen) atoms. The van der Waals surface area contributed by atoms with Crippen molar-refractivity contribution in [2.24, 2.45) is 5.92 Å². The molecule has 1 heterocycles. The fourth-order valence-electron chi connectivity index (χ4n) is 3.82. The first-order valence-corrected chi connectivity index (χ1v) is 9.29. The topological polar surface area (TPSA) is 29.5 Å². The maximum Gasteiger partial charge on any atom is 0.410 e. The van der Waals surface area contributed by atoms with Gasteiger partial charge in [-0.05, 0) is 61.8 Å². The van der Waals surface area contributed by atoms with Gasteiger partial charge in [0.15, 0.2) is 0 Å². The fraction of sp³-hybridized carbons (Fsp3) is 0.500. The van der Waals surface area contributed by atoms with Crippen LogP contribution in [0.5, 0.6) is 0 Å². The molecule has 3 rings (SSSR count). The summed E-state index contributed by atoms with van der Waals surface area (Å²) in [7, 11) is 0. The Morgan fingerprint density at radius 1 is 1.20 bits per heavy atom. The molecule has 0 unspecified atom stereocenters. The third-order valence-electron chi connectivity index (χ3n) is 4.98. The third kappa shape index (κ3) is 4.33. The van der Waals surface area contributed by atoms with E-state index in [2.05, 4.69) is 49.4 Å². The maximum atomic E-state index is 12.2. The van der Waals surface area contributed by atoms with Gasteiger partial charge in [0, 0.05) is 13.1 Å². The Balaban J connectivity index is 1.64. The maximum absolute atomic E-state index is 12.2. The van der Waals surface area contributed by atoms with E-state index in [9.17, 15) is 4.79 Å². The van der Waals surface area contributed by atoms with Gasteiger partial charge in [0.25, 0.3) is 0 Å². The molecule has 134 valence electrons. The zero-order valence-corrected chi connectivity index (χ0v) is 15.8. The summed E-state index contributed by atoms with van der Waals surface area (Å²) < 4.78 is 5.50. The molecule has 1 aliphatic rings. The van der Waals surface area contributed by atoms with Gasteiger partial charge in [0.2, 0.25) is 0 Å². The van der Waals surface area contributed by atoms with E-state index < -0.39 is 5.60 Å². The van der Waals surface area contributed by atoms with E-state index in [1.807, 2.05) is 25.7 Å². The van der Waals surface area contributed by atoms with Crippen molar-refractivity contribution in [2.45, 2.75) is 52.1 Å². The molecular weight excluding hydrogens is 310 g/mol. The van der Waals surface area contributed by atoms with E-state index in [-0.39, 0.29) is 6.09 Å². The Bertz CT molecular complexity index is 742. The van der Waals surface area contributed by atoms with Crippen molar-refractivity contribution >= 4 is 16.9 Å². The van der Waals surface area contributed by atoms with E-state index in [1.54, 1.807) is 0 Å². The normalized spacial score (nSPS) is 19.2. The number of fused-ring (bicyclic) bond motifs is 1. The van der Waals surface area contributed by atoms with Crippen LogP contribution in [0, 0.1) is 5.92 Å². The highest BCUT2D eigenvalue weighted by atomic mass is 16.6. The highest BCUT2D eigenvalue weighted by molar-refractivity contribution is 5.86. The number of benzene rings is 2. The summed E-state index contributed by atoms with van der Waals surface area (Å²) in [5.74, 6) is 1.02. The summed E-state index contributed by atoms with van der Waals surface area (Å²) in [5.41, 5.74) is 0.986. The van der Waals surface area contributed by atoms with Crippen LogP contribution >= 0.6 is 0 Å².